The number of amides is 2. The normalized spacial score (nSPS) is 25.9. The molecule has 0 aliphatic heterocycles. The summed E-state index contributed by atoms with van der Waals surface area (Å²) in [6.07, 6.45) is 1.28. The Balaban J connectivity index is 2.22. The Bertz CT molecular complexity index is 191. The number of hydrogen-bond donors (Lipinski definition) is 1. The molecule has 1 saturated carbocycles. The van der Waals surface area contributed by atoms with Gasteiger partial charge in [-0.05, 0) is 32.1 Å². The zero-order chi connectivity index (χ0) is 10.0. The van der Waals surface area contributed by atoms with Crippen molar-refractivity contribution in [2.75, 3.05) is 13.6 Å². The minimum Gasteiger partial charge on any atom is -0.336 e. The zero-order valence-corrected chi connectivity index (χ0v) is 9.00. The van der Waals surface area contributed by atoms with Crippen molar-refractivity contribution in [1.82, 2.24) is 10.2 Å². The molecule has 2 amide bonds. The van der Waals surface area contributed by atoms with Gasteiger partial charge in [-0.1, -0.05) is 6.92 Å². The number of carbonyl (C=O) groups is 1. The van der Waals surface area contributed by atoms with Gasteiger partial charge in [-0.2, -0.15) is 0 Å². The highest BCUT2D eigenvalue weighted by atomic mass is 16.2. The van der Waals surface area contributed by atoms with Crippen molar-refractivity contribution in [2.45, 2.75) is 33.2 Å². The van der Waals surface area contributed by atoms with Crippen molar-refractivity contribution in [1.29, 1.82) is 0 Å². The van der Waals surface area contributed by atoms with E-state index in [2.05, 4.69) is 12.2 Å². The van der Waals surface area contributed by atoms with Crippen LogP contribution in [0.25, 0.3) is 0 Å². The van der Waals surface area contributed by atoms with Gasteiger partial charge in [0.25, 0.3) is 0 Å². The van der Waals surface area contributed by atoms with Gasteiger partial charge >= 0.3 is 6.03 Å². The predicted octanol–water partition coefficient (Wildman–Crippen LogP) is 1.69. The SMILES string of the molecule is CC(C)NC(=O)N(C)CC1CC1C. The van der Waals surface area contributed by atoms with Crippen molar-refractivity contribution >= 4 is 6.03 Å². The molecule has 1 aliphatic rings. The Morgan fingerprint density at radius 1 is 1.62 bits per heavy atom. The molecule has 2 unspecified atom stereocenters. The van der Waals surface area contributed by atoms with Gasteiger partial charge in [0.15, 0.2) is 0 Å². The lowest BCUT2D eigenvalue weighted by atomic mass is 10.3. The van der Waals surface area contributed by atoms with Gasteiger partial charge in [-0.3, -0.25) is 0 Å². The van der Waals surface area contributed by atoms with Gasteiger partial charge in [-0.25, -0.2) is 4.79 Å². The van der Waals surface area contributed by atoms with E-state index in [1.54, 1.807) is 4.90 Å². The van der Waals surface area contributed by atoms with Crippen LogP contribution in [0.15, 0.2) is 0 Å². The molecule has 0 bridgehead atoms. The van der Waals surface area contributed by atoms with E-state index in [-0.39, 0.29) is 12.1 Å². The van der Waals surface area contributed by atoms with Crippen LogP contribution in [0.2, 0.25) is 0 Å². The number of urea groups is 1. The van der Waals surface area contributed by atoms with E-state index in [1.165, 1.54) is 6.42 Å². The minimum absolute atomic E-state index is 0.0501. The maximum absolute atomic E-state index is 11.4. The molecule has 1 rings (SSSR count). The summed E-state index contributed by atoms with van der Waals surface area (Å²) in [7, 11) is 1.86. The van der Waals surface area contributed by atoms with Crippen molar-refractivity contribution in [3.05, 3.63) is 0 Å². The smallest absolute Gasteiger partial charge is 0.317 e. The molecule has 0 spiro atoms. The van der Waals surface area contributed by atoms with Crippen LogP contribution in [0.5, 0.6) is 0 Å². The Labute approximate surface area is 80.5 Å². The lowest BCUT2D eigenvalue weighted by molar-refractivity contribution is 0.203. The quantitative estimate of drug-likeness (QED) is 0.711. The Morgan fingerprint density at radius 3 is 2.54 bits per heavy atom. The summed E-state index contributed by atoms with van der Waals surface area (Å²) in [5.74, 6) is 1.55. The van der Waals surface area contributed by atoms with Crippen molar-refractivity contribution in [3.8, 4) is 0 Å². The standard InChI is InChI=1S/C10H20N2O/c1-7(2)11-10(13)12(4)6-9-5-8(9)3/h7-9H,5-6H2,1-4H3,(H,11,13). The monoisotopic (exact) mass is 184 g/mol. The number of rotatable bonds is 3. The van der Waals surface area contributed by atoms with E-state index in [9.17, 15) is 4.79 Å². The second-order valence-corrected chi connectivity index (χ2v) is 4.46. The van der Waals surface area contributed by atoms with E-state index in [4.69, 9.17) is 0 Å². The van der Waals surface area contributed by atoms with Gasteiger partial charge < -0.3 is 10.2 Å². The fraction of sp³-hybridized carbons (Fsp3) is 0.900. The Hall–Kier alpha value is -0.730. The molecule has 76 valence electrons. The maximum atomic E-state index is 11.4. The van der Waals surface area contributed by atoms with Crippen LogP contribution in [0.1, 0.15) is 27.2 Å². The average molecular weight is 184 g/mol. The first kappa shape index (κ1) is 10.4. The fourth-order valence-electron chi connectivity index (χ4n) is 1.45. The van der Waals surface area contributed by atoms with Crippen LogP contribution < -0.4 is 5.32 Å². The van der Waals surface area contributed by atoms with Crippen molar-refractivity contribution in [2.24, 2.45) is 11.8 Å². The molecule has 0 radical (unpaired) electrons. The third-order valence-electron chi connectivity index (χ3n) is 2.54. The molecule has 0 saturated heterocycles. The Morgan fingerprint density at radius 2 is 2.15 bits per heavy atom. The van der Waals surface area contributed by atoms with Crippen LogP contribution in [0.4, 0.5) is 4.79 Å². The van der Waals surface area contributed by atoms with Gasteiger partial charge in [0, 0.05) is 19.6 Å². The number of hydrogen-bond acceptors (Lipinski definition) is 1. The lowest BCUT2D eigenvalue weighted by Crippen LogP contribution is -2.41. The fourth-order valence-corrected chi connectivity index (χ4v) is 1.45. The minimum atomic E-state index is 0.0501. The largest absolute Gasteiger partial charge is 0.336 e. The molecule has 13 heavy (non-hydrogen) atoms. The molecular formula is C10H20N2O. The number of nitrogens with one attached hydrogen (secondary N) is 1. The summed E-state index contributed by atoms with van der Waals surface area (Å²) >= 11 is 0. The van der Waals surface area contributed by atoms with E-state index in [0.29, 0.717) is 0 Å². The molecule has 0 aromatic carbocycles. The van der Waals surface area contributed by atoms with E-state index >= 15 is 0 Å². The van der Waals surface area contributed by atoms with Crippen LogP contribution >= 0.6 is 0 Å². The first-order chi connectivity index (χ1) is 6.00. The third kappa shape index (κ3) is 3.25. The van der Waals surface area contributed by atoms with Gasteiger partial charge in [0.05, 0.1) is 0 Å². The van der Waals surface area contributed by atoms with Crippen LogP contribution in [0, 0.1) is 11.8 Å². The molecule has 1 N–H and O–H groups in total. The first-order valence-corrected chi connectivity index (χ1v) is 5.02. The van der Waals surface area contributed by atoms with E-state index < -0.39 is 0 Å². The highest BCUT2D eigenvalue weighted by Crippen LogP contribution is 2.37. The average Bonchev–Trinajstić information content (AvgIpc) is 2.64. The maximum Gasteiger partial charge on any atom is 0.317 e. The molecule has 3 nitrogen and oxygen atoms in total. The van der Waals surface area contributed by atoms with Gasteiger partial charge in [-0.15, -0.1) is 0 Å². The first-order valence-electron chi connectivity index (χ1n) is 5.02. The molecule has 0 aromatic heterocycles. The van der Waals surface area contributed by atoms with Crippen LogP contribution in [0.3, 0.4) is 0 Å². The van der Waals surface area contributed by atoms with Gasteiger partial charge in [0.1, 0.15) is 0 Å². The number of carbonyl (C=O) groups excluding carboxylic acids is 1. The molecular weight excluding hydrogens is 164 g/mol. The number of nitrogens with zero attached hydrogens (tertiary/aromatic N) is 1. The lowest BCUT2D eigenvalue weighted by Gasteiger charge is -2.19. The topological polar surface area (TPSA) is 32.3 Å². The van der Waals surface area contributed by atoms with Crippen LogP contribution in [-0.2, 0) is 0 Å². The zero-order valence-electron chi connectivity index (χ0n) is 9.00. The van der Waals surface area contributed by atoms with E-state index in [0.717, 1.165) is 18.4 Å². The summed E-state index contributed by atoms with van der Waals surface area (Å²) in [5, 5.41) is 2.88. The van der Waals surface area contributed by atoms with Crippen molar-refractivity contribution < 1.29 is 4.79 Å². The van der Waals surface area contributed by atoms with Crippen molar-refractivity contribution in [3.63, 3.8) is 0 Å². The molecule has 1 fully saturated rings. The van der Waals surface area contributed by atoms with Crippen LogP contribution in [-0.4, -0.2) is 30.6 Å². The molecule has 2 atom stereocenters. The summed E-state index contributed by atoms with van der Waals surface area (Å²) < 4.78 is 0. The molecule has 1 aliphatic carbocycles. The molecule has 3 heteroatoms. The summed E-state index contributed by atoms with van der Waals surface area (Å²) in [6.45, 7) is 7.09. The third-order valence-corrected chi connectivity index (χ3v) is 2.54. The predicted molar refractivity (Wildman–Crippen MR) is 53.6 cm³/mol. The molecule has 0 heterocycles. The highest BCUT2D eigenvalue weighted by molar-refractivity contribution is 5.74. The molecule has 0 aromatic rings. The van der Waals surface area contributed by atoms with E-state index in [1.807, 2.05) is 20.9 Å². The summed E-state index contributed by atoms with van der Waals surface area (Å²) in [6, 6.07) is 0.278. The van der Waals surface area contributed by atoms with Gasteiger partial charge in [0.2, 0.25) is 0 Å². The second-order valence-electron chi connectivity index (χ2n) is 4.46. The second kappa shape index (κ2) is 3.99. The highest BCUT2D eigenvalue weighted by Gasteiger charge is 2.34. The Kier molecular flexibility index (Phi) is 3.17. The summed E-state index contributed by atoms with van der Waals surface area (Å²) in [4.78, 5) is 13.2. The summed E-state index contributed by atoms with van der Waals surface area (Å²) in [5.41, 5.74) is 0.